The lowest BCUT2D eigenvalue weighted by Crippen LogP contribution is -1.98. The summed E-state index contributed by atoms with van der Waals surface area (Å²) in [6.45, 7) is 3.51. The van der Waals surface area contributed by atoms with Gasteiger partial charge in [-0.2, -0.15) is 0 Å². The highest BCUT2D eigenvalue weighted by Crippen LogP contribution is 2.08. The van der Waals surface area contributed by atoms with Gasteiger partial charge in [0.1, 0.15) is 0 Å². The van der Waals surface area contributed by atoms with E-state index in [-0.39, 0.29) is 7.43 Å². The Labute approximate surface area is 72.2 Å². The molecule has 2 heteroatoms. The fourth-order valence-electron chi connectivity index (χ4n) is 0.870. The minimum Gasteiger partial charge on any atom is -0.478 e. The molecule has 0 spiro atoms. The summed E-state index contributed by atoms with van der Waals surface area (Å²) in [5, 5.41) is 8.65. The van der Waals surface area contributed by atoms with Crippen molar-refractivity contribution in [3.05, 3.63) is 42.0 Å². The third-order valence-electron chi connectivity index (χ3n) is 1.41. The average Bonchev–Trinajstić information content (AvgIpc) is 2.04. The second-order valence-corrected chi connectivity index (χ2v) is 2.10. The number of rotatable bonds is 2. The smallest absolute Gasteiger partial charge is 0.336 e. The van der Waals surface area contributed by atoms with Crippen LogP contribution in [0.1, 0.15) is 23.3 Å². The zero-order valence-electron chi connectivity index (χ0n) is 5.95. The molecule has 1 aromatic rings. The molecule has 0 heterocycles. The van der Waals surface area contributed by atoms with E-state index in [1.165, 1.54) is 6.08 Å². The van der Waals surface area contributed by atoms with Gasteiger partial charge >= 0.3 is 5.97 Å². The molecule has 0 aliphatic heterocycles. The third-order valence-corrected chi connectivity index (χ3v) is 1.41. The summed E-state index contributed by atoms with van der Waals surface area (Å²) in [5.41, 5.74) is 0.947. The van der Waals surface area contributed by atoms with Crippen LogP contribution in [0.5, 0.6) is 0 Å². The molecule has 0 saturated carbocycles. The zero-order chi connectivity index (χ0) is 8.27. The van der Waals surface area contributed by atoms with Crippen LogP contribution in [0.4, 0.5) is 0 Å². The molecule has 0 amide bonds. The standard InChI is InChI=1S/C9H8O2.CH4/c1-2-7-5-3-4-6-8(7)9(10)11;/h2-6H,1H2,(H,10,11);1H4. The highest BCUT2D eigenvalue weighted by atomic mass is 16.4. The van der Waals surface area contributed by atoms with Gasteiger partial charge in [0.2, 0.25) is 0 Å². The van der Waals surface area contributed by atoms with Gasteiger partial charge in [0, 0.05) is 0 Å². The minimum atomic E-state index is -0.916. The van der Waals surface area contributed by atoms with Gasteiger partial charge in [-0.15, -0.1) is 0 Å². The van der Waals surface area contributed by atoms with Crippen molar-refractivity contribution in [2.75, 3.05) is 0 Å². The molecule has 64 valence electrons. The maximum absolute atomic E-state index is 10.5. The summed E-state index contributed by atoms with van der Waals surface area (Å²) in [6.07, 6.45) is 1.53. The minimum absolute atomic E-state index is 0. The zero-order valence-corrected chi connectivity index (χ0v) is 5.95. The number of hydrogen-bond donors (Lipinski definition) is 1. The maximum Gasteiger partial charge on any atom is 0.336 e. The van der Waals surface area contributed by atoms with Crippen molar-refractivity contribution in [2.24, 2.45) is 0 Å². The van der Waals surface area contributed by atoms with E-state index in [1.807, 2.05) is 0 Å². The fraction of sp³-hybridized carbons (Fsp3) is 0.100. The molecule has 0 aliphatic carbocycles. The first-order valence-corrected chi connectivity index (χ1v) is 3.20. The molecular weight excluding hydrogens is 152 g/mol. The first-order chi connectivity index (χ1) is 5.25. The van der Waals surface area contributed by atoms with Crippen LogP contribution in [0.25, 0.3) is 6.08 Å². The summed E-state index contributed by atoms with van der Waals surface area (Å²) in [4.78, 5) is 10.5. The second kappa shape index (κ2) is 4.34. The van der Waals surface area contributed by atoms with Crippen molar-refractivity contribution < 1.29 is 9.90 Å². The Bertz CT molecular complexity index is 290. The lowest BCUT2D eigenvalue weighted by atomic mass is 10.1. The summed E-state index contributed by atoms with van der Waals surface area (Å²) >= 11 is 0. The summed E-state index contributed by atoms with van der Waals surface area (Å²) in [7, 11) is 0. The number of hydrogen-bond acceptors (Lipinski definition) is 1. The van der Waals surface area contributed by atoms with Crippen molar-refractivity contribution in [2.45, 2.75) is 7.43 Å². The van der Waals surface area contributed by atoms with Crippen LogP contribution in [0.15, 0.2) is 30.8 Å². The molecule has 1 aromatic carbocycles. The molecule has 0 fully saturated rings. The van der Waals surface area contributed by atoms with E-state index in [2.05, 4.69) is 6.58 Å². The summed E-state index contributed by atoms with van der Waals surface area (Å²) in [5.74, 6) is -0.916. The van der Waals surface area contributed by atoms with Crippen LogP contribution in [0.2, 0.25) is 0 Å². The van der Waals surface area contributed by atoms with Gasteiger partial charge in [-0.25, -0.2) is 4.79 Å². The SMILES string of the molecule is C.C=Cc1ccccc1C(=O)O. The normalized spacial score (nSPS) is 8.33. The van der Waals surface area contributed by atoms with Crippen LogP contribution >= 0.6 is 0 Å². The number of aromatic carboxylic acids is 1. The Kier molecular flexibility index (Phi) is 3.77. The molecule has 2 nitrogen and oxygen atoms in total. The molecule has 1 N–H and O–H groups in total. The molecule has 1 rings (SSSR count). The molecule has 0 aliphatic rings. The van der Waals surface area contributed by atoms with Gasteiger partial charge in [-0.3, -0.25) is 0 Å². The van der Waals surface area contributed by atoms with Crippen LogP contribution in [-0.4, -0.2) is 11.1 Å². The Morgan fingerprint density at radius 3 is 2.42 bits per heavy atom. The van der Waals surface area contributed by atoms with Crippen LogP contribution in [0.3, 0.4) is 0 Å². The third kappa shape index (κ3) is 1.95. The number of carboxylic acids is 1. The van der Waals surface area contributed by atoms with Gasteiger partial charge in [0.25, 0.3) is 0 Å². The molecule has 0 saturated heterocycles. The molecule has 0 atom stereocenters. The van der Waals surface area contributed by atoms with Crippen LogP contribution < -0.4 is 0 Å². The van der Waals surface area contributed by atoms with Crippen molar-refractivity contribution in [1.82, 2.24) is 0 Å². The first kappa shape index (κ1) is 10.4. The lowest BCUT2D eigenvalue weighted by Gasteiger charge is -1.97. The van der Waals surface area contributed by atoms with Gasteiger partial charge in [-0.05, 0) is 11.6 Å². The van der Waals surface area contributed by atoms with Crippen molar-refractivity contribution in [3.8, 4) is 0 Å². The Morgan fingerprint density at radius 2 is 2.00 bits per heavy atom. The van der Waals surface area contributed by atoms with Crippen molar-refractivity contribution >= 4 is 12.0 Å². The number of carboxylic acid groups (broad SMARTS) is 1. The monoisotopic (exact) mass is 164 g/mol. The quantitative estimate of drug-likeness (QED) is 0.729. The predicted octanol–water partition coefficient (Wildman–Crippen LogP) is 2.66. The molecular formula is C10H12O2. The molecule has 0 unspecified atom stereocenters. The number of carbonyl (C=O) groups is 1. The van der Waals surface area contributed by atoms with Crippen molar-refractivity contribution in [3.63, 3.8) is 0 Å². The van der Waals surface area contributed by atoms with Gasteiger partial charge in [-0.1, -0.05) is 38.3 Å². The van der Waals surface area contributed by atoms with E-state index in [1.54, 1.807) is 24.3 Å². The summed E-state index contributed by atoms with van der Waals surface area (Å²) in [6, 6.07) is 6.75. The number of benzene rings is 1. The highest BCUT2D eigenvalue weighted by Gasteiger charge is 2.04. The fourth-order valence-corrected chi connectivity index (χ4v) is 0.870. The predicted molar refractivity (Wildman–Crippen MR) is 50.2 cm³/mol. The largest absolute Gasteiger partial charge is 0.478 e. The topological polar surface area (TPSA) is 37.3 Å². The Morgan fingerprint density at radius 1 is 1.42 bits per heavy atom. The van der Waals surface area contributed by atoms with E-state index in [0.717, 1.165) is 0 Å². The average molecular weight is 164 g/mol. The molecule has 0 aromatic heterocycles. The van der Waals surface area contributed by atoms with Gasteiger partial charge in [0.05, 0.1) is 5.56 Å². The maximum atomic E-state index is 10.5. The van der Waals surface area contributed by atoms with E-state index in [4.69, 9.17) is 5.11 Å². The van der Waals surface area contributed by atoms with E-state index >= 15 is 0 Å². The van der Waals surface area contributed by atoms with E-state index in [9.17, 15) is 4.79 Å². The van der Waals surface area contributed by atoms with E-state index in [0.29, 0.717) is 11.1 Å². The van der Waals surface area contributed by atoms with Gasteiger partial charge in [0.15, 0.2) is 0 Å². The highest BCUT2D eigenvalue weighted by molar-refractivity contribution is 5.91. The Hall–Kier alpha value is -1.57. The molecule has 0 radical (unpaired) electrons. The lowest BCUT2D eigenvalue weighted by molar-refractivity contribution is 0.0696. The second-order valence-electron chi connectivity index (χ2n) is 2.10. The summed E-state index contributed by atoms with van der Waals surface area (Å²) < 4.78 is 0. The first-order valence-electron chi connectivity index (χ1n) is 3.20. The van der Waals surface area contributed by atoms with Crippen LogP contribution in [0, 0.1) is 0 Å². The molecule has 12 heavy (non-hydrogen) atoms. The Balaban J connectivity index is 0.00000121. The molecule has 0 bridgehead atoms. The van der Waals surface area contributed by atoms with Gasteiger partial charge < -0.3 is 5.11 Å². The van der Waals surface area contributed by atoms with Crippen LogP contribution in [-0.2, 0) is 0 Å². The van der Waals surface area contributed by atoms with E-state index < -0.39 is 5.97 Å². The van der Waals surface area contributed by atoms with Crippen molar-refractivity contribution in [1.29, 1.82) is 0 Å².